The minimum atomic E-state index is 0.365. The summed E-state index contributed by atoms with van der Waals surface area (Å²) in [4.78, 5) is 11.7. The first-order valence-corrected chi connectivity index (χ1v) is 7.35. The lowest BCUT2D eigenvalue weighted by Gasteiger charge is -2.22. The van der Waals surface area contributed by atoms with Gasteiger partial charge in [0.1, 0.15) is 5.82 Å². The monoisotopic (exact) mass is 270 g/mol. The predicted octanol–water partition coefficient (Wildman–Crippen LogP) is 3.30. The Kier molecular flexibility index (Phi) is 3.24. The Morgan fingerprint density at radius 1 is 1.25 bits per heavy atom. The van der Waals surface area contributed by atoms with Gasteiger partial charge in [-0.05, 0) is 30.9 Å². The van der Waals surface area contributed by atoms with Crippen molar-refractivity contribution in [3.8, 4) is 0 Å². The van der Waals surface area contributed by atoms with E-state index in [1.807, 2.05) is 6.07 Å². The maximum absolute atomic E-state index is 4.74. The topological polar surface area (TPSA) is 41.1 Å². The summed E-state index contributed by atoms with van der Waals surface area (Å²) in [6.07, 6.45) is 1.21. The Morgan fingerprint density at radius 3 is 2.75 bits per heavy atom. The van der Waals surface area contributed by atoms with Crippen molar-refractivity contribution < 1.29 is 0 Å². The Balaban J connectivity index is 2.08. The van der Waals surface area contributed by atoms with Gasteiger partial charge in [-0.2, -0.15) is 4.98 Å². The van der Waals surface area contributed by atoms with Gasteiger partial charge in [0.15, 0.2) is 0 Å². The van der Waals surface area contributed by atoms with Crippen LogP contribution in [0.4, 0.5) is 11.8 Å². The van der Waals surface area contributed by atoms with Crippen molar-refractivity contribution >= 4 is 22.7 Å². The zero-order valence-corrected chi connectivity index (χ0v) is 12.5. The molecule has 1 saturated heterocycles. The predicted molar refractivity (Wildman–Crippen MR) is 84.3 cm³/mol. The van der Waals surface area contributed by atoms with Crippen molar-refractivity contribution in [3.63, 3.8) is 0 Å². The second-order valence-electron chi connectivity index (χ2n) is 6.25. The van der Waals surface area contributed by atoms with E-state index in [0.717, 1.165) is 42.3 Å². The molecular formula is C16H22N4. The van der Waals surface area contributed by atoms with E-state index < -0.39 is 0 Å². The Bertz CT molecular complexity index is 621. The van der Waals surface area contributed by atoms with Crippen LogP contribution < -0.4 is 10.2 Å². The SMILES string of the molecule is CCNc1nc(N2CCC(C)(C)C2)c2ccccc2n1. The van der Waals surface area contributed by atoms with Crippen LogP contribution in [0.3, 0.4) is 0 Å². The number of para-hydroxylation sites is 1. The molecule has 2 heterocycles. The van der Waals surface area contributed by atoms with Crippen LogP contribution in [0.1, 0.15) is 27.2 Å². The van der Waals surface area contributed by atoms with Crippen LogP contribution in [0.15, 0.2) is 24.3 Å². The highest BCUT2D eigenvalue weighted by Crippen LogP contribution is 2.34. The van der Waals surface area contributed by atoms with Gasteiger partial charge < -0.3 is 10.2 Å². The standard InChI is InChI=1S/C16H22N4/c1-4-17-15-18-13-8-6-5-7-12(13)14(19-15)20-10-9-16(2,3)11-20/h5-8H,4,9-11H2,1-3H3,(H,17,18,19). The molecule has 2 aromatic rings. The largest absolute Gasteiger partial charge is 0.355 e. The molecular weight excluding hydrogens is 248 g/mol. The fraction of sp³-hybridized carbons (Fsp3) is 0.500. The fourth-order valence-corrected chi connectivity index (χ4v) is 2.83. The zero-order valence-electron chi connectivity index (χ0n) is 12.5. The van der Waals surface area contributed by atoms with Gasteiger partial charge in [-0.3, -0.25) is 0 Å². The molecule has 1 aromatic heterocycles. The third-order valence-corrected chi connectivity index (χ3v) is 3.89. The van der Waals surface area contributed by atoms with Crippen LogP contribution in [0.5, 0.6) is 0 Å². The molecule has 1 aliphatic rings. The molecule has 0 aliphatic carbocycles. The van der Waals surface area contributed by atoms with Gasteiger partial charge in [0.05, 0.1) is 5.52 Å². The van der Waals surface area contributed by atoms with E-state index in [2.05, 4.69) is 54.2 Å². The molecule has 0 saturated carbocycles. The lowest BCUT2D eigenvalue weighted by atomic mass is 9.93. The number of fused-ring (bicyclic) bond motifs is 1. The molecule has 1 N–H and O–H groups in total. The minimum Gasteiger partial charge on any atom is -0.355 e. The van der Waals surface area contributed by atoms with Crippen LogP contribution in [0.25, 0.3) is 10.9 Å². The summed E-state index contributed by atoms with van der Waals surface area (Å²) in [5.74, 6) is 1.79. The van der Waals surface area contributed by atoms with Crippen LogP contribution in [0, 0.1) is 5.41 Å². The van der Waals surface area contributed by atoms with Crippen molar-refractivity contribution in [2.75, 3.05) is 29.9 Å². The van der Waals surface area contributed by atoms with Crippen LogP contribution >= 0.6 is 0 Å². The summed E-state index contributed by atoms with van der Waals surface area (Å²) in [6.45, 7) is 9.67. The molecule has 4 nitrogen and oxygen atoms in total. The van der Waals surface area contributed by atoms with E-state index in [0.29, 0.717) is 5.41 Å². The van der Waals surface area contributed by atoms with Crippen LogP contribution in [-0.2, 0) is 0 Å². The average Bonchev–Trinajstić information content (AvgIpc) is 2.78. The highest BCUT2D eigenvalue weighted by Gasteiger charge is 2.31. The molecule has 20 heavy (non-hydrogen) atoms. The summed E-state index contributed by atoms with van der Waals surface area (Å²) in [5, 5.41) is 4.38. The summed E-state index contributed by atoms with van der Waals surface area (Å²) in [5.41, 5.74) is 1.38. The third kappa shape index (κ3) is 2.42. The maximum atomic E-state index is 4.74. The van der Waals surface area contributed by atoms with Gasteiger partial charge in [-0.25, -0.2) is 4.98 Å². The van der Waals surface area contributed by atoms with E-state index in [4.69, 9.17) is 4.98 Å². The van der Waals surface area contributed by atoms with Gasteiger partial charge in [0, 0.05) is 25.0 Å². The normalized spacial score (nSPS) is 17.6. The number of rotatable bonds is 3. The van der Waals surface area contributed by atoms with Gasteiger partial charge in [-0.1, -0.05) is 26.0 Å². The first-order valence-electron chi connectivity index (χ1n) is 7.35. The van der Waals surface area contributed by atoms with Gasteiger partial charge in [0.25, 0.3) is 0 Å². The lowest BCUT2D eigenvalue weighted by Crippen LogP contribution is -2.24. The number of nitrogens with zero attached hydrogens (tertiary/aromatic N) is 3. The highest BCUT2D eigenvalue weighted by atomic mass is 15.2. The second kappa shape index (κ2) is 4.93. The second-order valence-corrected chi connectivity index (χ2v) is 6.25. The molecule has 0 radical (unpaired) electrons. The molecule has 1 aliphatic heterocycles. The molecule has 1 fully saturated rings. The van der Waals surface area contributed by atoms with Crippen molar-refractivity contribution in [1.29, 1.82) is 0 Å². The molecule has 3 rings (SSSR count). The first-order chi connectivity index (χ1) is 9.59. The molecule has 1 aromatic carbocycles. The van der Waals surface area contributed by atoms with Gasteiger partial charge >= 0.3 is 0 Å². The number of benzene rings is 1. The smallest absolute Gasteiger partial charge is 0.225 e. The number of hydrogen-bond acceptors (Lipinski definition) is 4. The van der Waals surface area contributed by atoms with Crippen molar-refractivity contribution in [2.45, 2.75) is 27.2 Å². The molecule has 4 heteroatoms. The molecule has 0 atom stereocenters. The van der Waals surface area contributed by atoms with Crippen LogP contribution in [-0.4, -0.2) is 29.6 Å². The lowest BCUT2D eigenvalue weighted by molar-refractivity contribution is 0.418. The average molecular weight is 270 g/mol. The number of anilines is 2. The van der Waals surface area contributed by atoms with Gasteiger partial charge in [-0.15, -0.1) is 0 Å². The van der Waals surface area contributed by atoms with E-state index in [1.165, 1.54) is 6.42 Å². The Hall–Kier alpha value is -1.84. The summed E-state index contributed by atoms with van der Waals surface area (Å²) >= 11 is 0. The third-order valence-electron chi connectivity index (χ3n) is 3.89. The fourth-order valence-electron chi connectivity index (χ4n) is 2.83. The Labute approximate surface area is 120 Å². The minimum absolute atomic E-state index is 0.365. The number of hydrogen-bond donors (Lipinski definition) is 1. The van der Waals surface area contributed by atoms with Crippen LogP contribution in [0.2, 0.25) is 0 Å². The molecule has 0 amide bonds. The molecule has 0 spiro atoms. The number of aromatic nitrogens is 2. The summed E-state index contributed by atoms with van der Waals surface area (Å²) in [7, 11) is 0. The number of nitrogens with one attached hydrogen (secondary N) is 1. The quantitative estimate of drug-likeness (QED) is 0.929. The zero-order chi connectivity index (χ0) is 14.2. The van der Waals surface area contributed by atoms with E-state index in [-0.39, 0.29) is 0 Å². The summed E-state index contributed by atoms with van der Waals surface area (Å²) in [6, 6.07) is 8.26. The maximum Gasteiger partial charge on any atom is 0.225 e. The molecule has 106 valence electrons. The molecule has 0 unspecified atom stereocenters. The van der Waals surface area contributed by atoms with Gasteiger partial charge in [0.2, 0.25) is 5.95 Å². The van der Waals surface area contributed by atoms with Crippen molar-refractivity contribution in [1.82, 2.24) is 9.97 Å². The van der Waals surface area contributed by atoms with Crippen molar-refractivity contribution in [3.05, 3.63) is 24.3 Å². The molecule has 0 bridgehead atoms. The van der Waals surface area contributed by atoms with E-state index in [9.17, 15) is 0 Å². The van der Waals surface area contributed by atoms with E-state index in [1.54, 1.807) is 0 Å². The first kappa shape index (κ1) is 13.2. The van der Waals surface area contributed by atoms with Crippen molar-refractivity contribution in [2.24, 2.45) is 5.41 Å². The Morgan fingerprint density at radius 2 is 2.05 bits per heavy atom. The van der Waals surface area contributed by atoms with E-state index >= 15 is 0 Å². The summed E-state index contributed by atoms with van der Waals surface area (Å²) < 4.78 is 0. The highest BCUT2D eigenvalue weighted by molar-refractivity contribution is 5.90.